The molecule has 0 saturated carbocycles. The molecule has 1 amide bonds. The summed E-state index contributed by atoms with van der Waals surface area (Å²) in [6.07, 6.45) is 0. The molecule has 0 fully saturated rings. The van der Waals surface area contributed by atoms with Crippen molar-refractivity contribution in [3.8, 4) is 0 Å². The fourth-order valence-corrected chi connectivity index (χ4v) is 2.68. The van der Waals surface area contributed by atoms with Crippen LogP contribution in [-0.4, -0.2) is 17.4 Å². The number of benzene rings is 2. The van der Waals surface area contributed by atoms with Crippen LogP contribution in [-0.2, 0) is 13.1 Å². The number of hydrogen-bond acceptors (Lipinski definition) is 2. The molecule has 0 saturated heterocycles. The molecule has 108 valence electrons. The number of nitrogens with zero attached hydrogens (tertiary/aromatic N) is 1. The van der Waals surface area contributed by atoms with Crippen LogP contribution in [0.4, 0.5) is 5.69 Å². The van der Waals surface area contributed by atoms with Crippen LogP contribution in [0.5, 0.6) is 0 Å². The highest BCUT2D eigenvalue weighted by Crippen LogP contribution is 2.25. The predicted molar refractivity (Wildman–Crippen MR) is 85.6 cm³/mol. The normalized spacial score (nSPS) is 13.4. The van der Waals surface area contributed by atoms with Crippen LogP contribution >= 0.6 is 11.6 Å². The molecule has 2 aromatic carbocycles. The van der Waals surface area contributed by atoms with Gasteiger partial charge in [-0.25, -0.2) is 0 Å². The van der Waals surface area contributed by atoms with Crippen molar-refractivity contribution in [3.05, 3.63) is 64.2 Å². The van der Waals surface area contributed by atoms with Crippen LogP contribution in [0.3, 0.4) is 0 Å². The Balaban J connectivity index is 1.71. The maximum Gasteiger partial charge on any atom is 0.254 e. The summed E-state index contributed by atoms with van der Waals surface area (Å²) in [5, 5.41) is 4.13. The average Bonchev–Trinajstić information content (AvgIpc) is 2.82. The molecule has 0 atom stereocenters. The van der Waals surface area contributed by atoms with Gasteiger partial charge < -0.3 is 10.2 Å². The molecule has 4 heteroatoms. The van der Waals surface area contributed by atoms with E-state index in [0.29, 0.717) is 6.54 Å². The van der Waals surface area contributed by atoms with Crippen molar-refractivity contribution in [2.24, 2.45) is 0 Å². The van der Waals surface area contributed by atoms with Gasteiger partial charge in [-0.1, -0.05) is 23.7 Å². The Labute approximate surface area is 129 Å². The Morgan fingerprint density at radius 1 is 1.19 bits per heavy atom. The highest BCUT2D eigenvalue weighted by molar-refractivity contribution is 6.30. The summed E-state index contributed by atoms with van der Waals surface area (Å²) in [4.78, 5) is 13.9. The van der Waals surface area contributed by atoms with E-state index in [0.717, 1.165) is 34.9 Å². The van der Waals surface area contributed by atoms with Crippen molar-refractivity contribution in [2.45, 2.75) is 20.0 Å². The first-order chi connectivity index (χ1) is 10.2. The SMILES string of the molecule is CCN1Cc2cc(NCc3ccc(Cl)cc3)ccc2C1=O. The zero-order chi connectivity index (χ0) is 14.8. The van der Waals surface area contributed by atoms with Crippen LogP contribution in [0.25, 0.3) is 0 Å². The van der Waals surface area contributed by atoms with Gasteiger partial charge in [0, 0.05) is 35.9 Å². The third-order valence-electron chi connectivity index (χ3n) is 3.78. The first kappa shape index (κ1) is 14.0. The molecule has 1 heterocycles. The van der Waals surface area contributed by atoms with E-state index in [1.165, 1.54) is 5.56 Å². The zero-order valence-electron chi connectivity index (χ0n) is 11.9. The minimum Gasteiger partial charge on any atom is -0.381 e. The van der Waals surface area contributed by atoms with Crippen LogP contribution in [0.2, 0.25) is 5.02 Å². The molecule has 0 bridgehead atoms. The van der Waals surface area contributed by atoms with Gasteiger partial charge in [0.2, 0.25) is 0 Å². The second kappa shape index (κ2) is 5.78. The van der Waals surface area contributed by atoms with E-state index in [9.17, 15) is 4.79 Å². The molecule has 0 spiro atoms. The van der Waals surface area contributed by atoms with Gasteiger partial charge in [-0.05, 0) is 48.4 Å². The van der Waals surface area contributed by atoms with Gasteiger partial charge in [0.15, 0.2) is 0 Å². The molecule has 3 nitrogen and oxygen atoms in total. The fraction of sp³-hybridized carbons (Fsp3) is 0.235. The smallest absolute Gasteiger partial charge is 0.254 e. The van der Waals surface area contributed by atoms with Crippen LogP contribution in [0, 0.1) is 0 Å². The number of amides is 1. The first-order valence-electron chi connectivity index (χ1n) is 7.08. The Kier molecular flexibility index (Phi) is 3.84. The number of hydrogen-bond donors (Lipinski definition) is 1. The van der Waals surface area contributed by atoms with E-state index < -0.39 is 0 Å². The van der Waals surface area contributed by atoms with Gasteiger partial charge in [-0.2, -0.15) is 0 Å². The number of nitrogens with one attached hydrogen (secondary N) is 1. The lowest BCUT2D eigenvalue weighted by atomic mass is 10.1. The van der Waals surface area contributed by atoms with Crippen LogP contribution in [0.1, 0.15) is 28.4 Å². The lowest BCUT2D eigenvalue weighted by molar-refractivity contribution is 0.0787. The molecule has 0 aliphatic carbocycles. The lowest BCUT2D eigenvalue weighted by Gasteiger charge is -2.10. The summed E-state index contributed by atoms with van der Waals surface area (Å²) < 4.78 is 0. The molecule has 1 N–H and O–H groups in total. The standard InChI is InChI=1S/C17H17ClN2O/c1-2-20-11-13-9-15(7-8-16(13)17(20)21)19-10-12-3-5-14(18)6-4-12/h3-9,19H,2,10-11H2,1H3. The van der Waals surface area contributed by atoms with E-state index in [-0.39, 0.29) is 5.91 Å². The summed E-state index contributed by atoms with van der Waals surface area (Å²) >= 11 is 5.88. The Hall–Kier alpha value is -2.00. The molecule has 0 aromatic heterocycles. The molecule has 2 aromatic rings. The number of fused-ring (bicyclic) bond motifs is 1. The summed E-state index contributed by atoms with van der Waals surface area (Å²) in [6.45, 7) is 4.20. The van der Waals surface area contributed by atoms with Crippen molar-refractivity contribution < 1.29 is 4.79 Å². The van der Waals surface area contributed by atoms with Crippen molar-refractivity contribution >= 4 is 23.2 Å². The molecule has 21 heavy (non-hydrogen) atoms. The summed E-state index contributed by atoms with van der Waals surface area (Å²) in [5.41, 5.74) is 4.14. The van der Waals surface area contributed by atoms with Crippen molar-refractivity contribution in [2.75, 3.05) is 11.9 Å². The summed E-state index contributed by atoms with van der Waals surface area (Å²) in [7, 11) is 0. The predicted octanol–water partition coefficient (Wildman–Crippen LogP) is 3.93. The van der Waals surface area contributed by atoms with Crippen molar-refractivity contribution in [3.63, 3.8) is 0 Å². The Morgan fingerprint density at radius 2 is 1.95 bits per heavy atom. The van der Waals surface area contributed by atoms with E-state index in [1.54, 1.807) is 0 Å². The lowest BCUT2D eigenvalue weighted by Crippen LogP contribution is -2.22. The molecule has 1 aliphatic heterocycles. The number of rotatable bonds is 4. The van der Waals surface area contributed by atoms with E-state index in [2.05, 4.69) is 11.4 Å². The number of carbonyl (C=O) groups is 1. The summed E-state index contributed by atoms with van der Waals surface area (Å²) in [6, 6.07) is 13.7. The number of anilines is 1. The molecule has 0 radical (unpaired) electrons. The van der Waals surface area contributed by atoms with Crippen LogP contribution in [0.15, 0.2) is 42.5 Å². The largest absolute Gasteiger partial charge is 0.381 e. The van der Waals surface area contributed by atoms with Gasteiger partial charge in [0.05, 0.1) is 0 Å². The highest BCUT2D eigenvalue weighted by Gasteiger charge is 2.25. The number of carbonyl (C=O) groups excluding carboxylic acids is 1. The quantitative estimate of drug-likeness (QED) is 0.928. The van der Waals surface area contributed by atoms with Crippen molar-refractivity contribution in [1.82, 2.24) is 4.90 Å². The highest BCUT2D eigenvalue weighted by atomic mass is 35.5. The third-order valence-corrected chi connectivity index (χ3v) is 4.03. The second-order valence-corrected chi connectivity index (χ2v) is 5.61. The topological polar surface area (TPSA) is 32.3 Å². The van der Waals surface area contributed by atoms with E-state index >= 15 is 0 Å². The zero-order valence-corrected chi connectivity index (χ0v) is 12.7. The minimum atomic E-state index is 0.136. The third kappa shape index (κ3) is 2.88. The minimum absolute atomic E-state index is 0.136. The van der Waals surface area contributed by atoms with E-state index in [1.807, 2.05) is 48.2 Å². The fourth-order valence-electron chi connectivity index (χ4n) is 2.55. The maximum atomic E-state index is 12.0. The first-order valence-corrected chi connectivity index (χ1v) is 7.45. The molecular weight excluding hydrogens is 284 g/mol. The molecular formula is C17H17ClN2O. The number of halogens is 1. The van der Waals surface area contributed by atoms with Crippen molar-refractivity contribution in [1.29, 1.82) is 0 Å². The molecule has 3 rings (SSSR count). The monoisotopic (exact) mass is 300 g/mol. The van der Waals surface area contributed by atoms with E-state index in [4.69, 9.17) is 11.6 Å². The molecule has 1 aliphatic rings. The van der Waals surface area contributed by atoms with Gasteiger partial charge >= 0.3 is 0 Å². The van der Waals surface area contributed by atoms with Gasteiger partial charge in [0.25, 0.3) is 5.91 Å². The Bertz CT molecular complexity index is 667. The van der Waals surface area contributed by atoms with Gasteiger partial charge in [-0.3, -0.25) is 4.79 Å². The Morgan fingerprint density at radius 3 is 2.67 bits per heavy atom. The summed E-state index contributed by atoms with van der Waals surface area (Å²) in [5.74, 6) is 0.136. The average molecular weight is 301 g/mol. The van der Waals surface area contributed by atoms with Gasteiger partial charge in [-0.15, -0.1) is 0 Å². The second-order valence-electron chi connectivity index (χ2n) is 5.17. The van der Waals surface area contributed by atoms with Crippen LogP contribution < -0.4 is 5.32 Å². The molecule has 0 unspecified atom stereocenters. The van der Waals surface area contributed by atoms with Gasteiger partial charge in [0.1, 0.15) is 0 Å². The maximum absolute atomic E-state index is 12.0.